The first kappa shape index (κ1) is 13.5. The number of carbonyl (C=O) groups is 1. The van der Waals surface area contributed by atoms with E-state index in [0.29, 0.717) is 5.56 Å². The Morgan fingerprint density at radius 3 is 2.12 bits per heavy atom. The van der Waals surface area contributed by atoms with Crippen LogP contribution < -0.4 is 10.9 Å². The molecule has 0 saturated carbocycles. The van der Waals surface area contributed by atoms with Gasteiger partial charge >= 0.3 is 0 Å². The van der Waals surface area contributed by atoms with E-state index in [1.54, 1.807) is 11.7 Å². The van der Waals surface area contributed by atoms with Crippen LogP contribution in [-0.2, 0) is 25.4 Å². The molecule has 0 aliphatic rings. The number of nitrogens with zero attached hydrogens (tertiary/aromatic N) is 2. The summed E-state index contributed by atoms with van der Waals surface area (Å²) >= 11 is 0. The quantitative estimate of drug-likeness (QED) is 0.825. The van der Waals surface area contributed by atoms with Gasteiger partial charge in [-0.05, 0) is 6.92 Å². The second-order valence-electron chi connectivity index (χ2n) is 5.35. The molecule has 0 fully saturated rings. The molecule has 0 bridgehead atoms. The maximum atomic E-state index is 11.9. The van der Waals surface area contributed by atoms with Crippen molar-refractivity contribution in [2.45, 2.75) is 34.2 Å². The fourth-order valence-electron chi connectivity index (χ4n) is 1.54. The highest BCUT2D eigenvalue weighted by Crippen LogP contribution is 2.13. The lowest BCUT2D eigenvalue weighted by Gasteiger charge is -2.17. The van der Waals surface area contributed by atoms with Crippen molar-refractivity contribution in [1.29, 1.82) is 0 Å². The van der Waals surface area contributed by atoms with E-state index >= 15 is 0 Å². The van der Waals surface area contributed by atoms with Gasteiger partial charge < -0.3 is 5.32 Å². The zero-order valence-electron chi connectivity index (χ0n) is 11.4. The summed E-state index contributed by atoms with van der Waals surface area (Å²) in [6, 6.07) is 0. The minimum absolute atomic E-state index is 0.0530. The zero-order chi connectivity index (χ0) is 13.4. The molecular weight excluding hydrogens is 218 g/mol. The molecule has 0 aliphatic carbocycles. The van der Waals surface area contributed by atoms with Crippen molar-refractivity contribution in [3.8, 4) is 0 Å². The maximum Gasteiger partial charge on any atom is 0.271 e. The second kappa shape index (κ2) is 4.39. The summed E-state index contributed by atoms with van der Waals surface area (Å²) in [5, 5.41) is 2.80. The average molecular weight is 239 g/mol. The van der Waals surface area contributed by atoms with Crippen LogP contribution in [0.15, 0.2) is 4.79 Å². The van der Waals surface area contributed by atoms with Crippen molar-refractivity contribution in [3.63, 3.8) is 0 Å². The zero-order valence-corrected chi connectivity index (χ0v) is 11.4. The van der Waals surface area contributed by atoms with Crippen molar-refractivity contribution in [1.82, 2.24) is 14.7 Å². The molecule has 0 aromatic carbocycles. The Bertz CT molecular complexity index is 489. The molecule has 1 aromatic rings. The first-order valence-electron chi connectivity index (χ1n) is 5.66. The van der Waals surface area contributed by atoms with Crippen LogP contribution in [0.2, 0.25) is 0 Å². The van der Waals surface area contributed by atoms with Crippen LogP contribution in [0.3, 0.4) is 0 Å². The Hall–Kier alpha value is -1.52. The van der Waals surface area contributed by atoms with Gasteiger partial charge in [0.25, 0.3) is 5.56 Å². The van der Waals surface area contributed by atoms with Crippen LogP contribution in [0.5, 0.6) is 0 Å². The van der Waals surface area contributed by atoms with Crippen LogP contribution >= 0.6 is 0 Å². The predicted molar refractivity (Wildman–Crippen MR) is 66.7 cm³/mol. The van der Waals surface area contributed by atoms with Crippen molar-refractivity contribution in [2.24, 2.45) is 19.5 Å². The first-order chi connectivity index (χ1) is 7.66. The number of nitrogens with one attached hydrogen (secondary N) is 1. The largest absolute Gasteiger partial charge is 0.351 e. The molecule has 0 saturated heterocycles. The fourth-order valence-corrected chi connectivity index (χ4v) is 1.54. The summed E-state index contributed by atoms with van der Waals surface area (Å²) in [6.45, 7) is 7.70. The standard InChI is InChI=1S/C12H21N3O2/c1-8-9(10(16)15(6)14(8)5)7-13-11(17)12(2,3)4/h7H2,1-6H3,(H,13,17). The van der Waals surface area contributed by atoms with Gasteiger partial charge in [-0.25, -0.2) is 0 Å². The summed E-state index contributed by atoms with van der Waals surface area (Å²) in [5.74, 6) is -0.0530. The highest BCUT2D eigenvalue weighted by atomic mass is 16.2. The smallest absolute Gasteiger partial charge is 0.271 e. The predicted octanol–water partition coefficient (Wildman–Crippen LogP) is 0.695. The van der Waals surface area contributed by atoms with E-state index in [1.165, 1.54) is 4.68 Å². The van der Waals surface area contributed by atoms with Gasteiger partial charge in [-0.15, -0.1) is 0 Å². The van der Waals surface area contributed by atoms with Crippen molar-refractivity contribution in [3.05, 3.63) is 21.6 Å². The minimum Gasteiger partial charge on any atom is -0.351 e. The molecule has 0 aliphatic heterocycles. The van der Waals surface area contributed by atoms with Crippen molar-refractivity contribution >= 4 is 5.91 Å². The van der Waals surface area contributed by atoms with Crippen LogP contribution in [-0.4, -0.2) is 15.3 Å². The van der Waals surface area contributed by atoms with Gasteiger partial charge in [0.2, 0.25) is 5.91 Å². The second-order valence-corrected chi connectivity index (χ2v) is 5.35. The van der Waals surface area contributed by atoms with Gasteiger partial charge in [0.05, 0.1) is 12.1 Å². The first-order valence-corrected chi connectivity index (χ1v) is 5.66. The molecule has 5 nitrogen and oxygen atoms in total. The topological polar surface area (TPSA) is 56.0 Å². The van der Waals surface area contributed by atoms with Gasteiger partial charge in [0, 0.05) is 25.2 Å². The number of hydrogen-bond acceptors (Lipinski definition) is 2. The number of rotatable bonds is 2. The molecule has 1 amide bonds. The highest BCUT2D eigenvalue weighted by molar-refractivity contribution is 5.81. The fraction of sp³-hybridized carbons (Fsp3) is 0.667. The lowest BCUT2D eigenvalue weighted by molar-refractivity contribution is -0.128. The number of amides is 1. The van der Waals surface area contributed by atoms with Crippen LogP contribution in [0.4, 0.5) is 0 Å². The highest BCUT2D eigenvalue weighted by Gasteiger charge is 2.22. The van der Waals surface area contributed by atoms with E-state index in [9.17, 15) is 9.59 Å². The van der Waals surface area contributed by atoms with E-state index in [0.717, 1.165) is 5.69 Å². The molecule has 1 N–H and O–H groups in total. The van der Waals surface area contributed by atoms with Crippen LogP contribution in [0, 0.1) is 12.3 Å². The van der Waals surface area contributed by atoms with Crippen LogP contribution in [0.25, 0.3) is 0 Å². The minimum atomic E-state index is -0.437. The monoisotopic (exact) mass is 239 g/mol. The molecule has 1 rings (SSSR count). The maximum absolute atomic E-state index is 11.9. The Morgan fingerprint density at radius 2 is 1.76 bits per heavy atom. The molecule has 0 spiro atoms. The Labute approximate surface area is 101 Å². The van der Waals surface area contributed by atoms with Gasteiger partial charge in [-0.3, -0.25) is 19.0 Å². The van der Waals surface area contributed by atoms with Gasteiger partial charge in [0.15, 0.2) is 0 Å². The third-order valence-electron chi connectivity index (χ3n) is 3.03. The van der Waals surface area contributed by atoms with Gasteiger partial charge in [0.1, 0.15) is 0 Å². The Kier molecular flexibility index (Phi) is 3.50. The molecular formula is C12H21N3O2. The lowest BCUT2D eigenvalue weighted by Crippen LogP contribution is -2.35. The summed E-state index contributed by atoms with van der Waals surface area (Å²) in [6.07, 6.45) is 0. The number of hydrogen-bond donors (Lipinski definition) is 1. The lowest BCUT2D eigenvalue weighted by atomic mass is 9.95. The molecule has 0 unspecified atom stereocenters. The van der Waals surface area contributed by atoms with Crippen molar-refractivity contribution in [2.75, 3.05) is 0 Å². The molecule has 1 heterocycles. The molecule has 1 aromatic heterocycles. The molecule has 96 valence electrons. The van der Waals surface area contributed by atoms with E-state index < -0.39 is 5.41 Å². The molecule has 5 heteroatoms. The summed E-state index contributed by atoms with van der Waals surface area (Å²) in [5.41, 5.74) is 1.03. The summed E-state index contributed by atoms with van der Waals surface area (Å²) < 4.78 is 3.31. The van der Waals surface area contributed by atoms with E-state index in [1.807, 2.05) is 34.7 Å². The van der Waals surface area contributed by atoms with Crippen molar-refractivity contribution < 1.29 is 4.79 Å². The van der Waals surface area contributed by atoms with E-state index in [4.69, 9.17) is 0 Å². The Morgan fingerprint density at radius 1 is 1.24 bits per heavy atom. The summed E-state index contributed by atoms with van der Waals surface area (Å²) in [4.78, 5) is 23.6. The third kappa shape index (κ3) is 2.60. The molecule has 17 heavy (non-hydrogen) atoms. The van der Waals surface area contributed by atoms with E-state index in [-0.39, 0.29) is 18.0 Å². The third-order valence-corrected chi connectivity index (χ3v) is 3.03. The number of carbonyl (C=O) groups excluding carboxylic acids is 1. The SMILES string of the molecule is Cc1c(CNC(=O)C(C)(C)C)c(=O)n(C)n1C. The Balaban J connectivity index is 2.89. The van der Waals surface area contributed by atoms with Crippen LogP contribution in [0.1, 0.15) is 32.0 Å². The number of aromatic nitrogens is 2. The van der Waals surface area contributed by atoms with Gasteiger partial charge in [-0.2, -0.15) is 0 Å². The summed E-state index contributed by atoms with van der Waals surface area (Å²) in [7, 11) is 3.54. The molecule has 0 atom stereocenters. The van der Waals surface area contributed by atoms with Gasteiger partial charge in [-0.1, -0.05) is 20.8 Å². The normalized spacial score (nSPS) is 11.6. The molecule has 0 radical (unpaired) electrons. The average Bonchev–Trinajstić information content (AvgIpc) is 2.40. The van der Waals surface area contributed by atoms with E-state index in [2.05, 4.69) is 5.32 Å².